The predicted molar refractivity (Wildman–Crippen MR) is 154 cm³/mol. The first kappa shape index (κ1) is 29.2. The summed E-state index contributed by atoms with van der Waals surface area (Å²) in [7, 11) is 1.72. The van der Waals surface area contributed by atoms with Crippen LogP contribution in [0, 0.1) is 11.6 Å². The van der Waals surface area contributed by atoms with E-state index in [0.29, 0.717) is 62.1 Å². The van der Waals surface area contributed by atoms with Crippen molar-refractivity contribution in [2.75, 3.05) is 63.1 Å². The molecule has 0 amide bonds. The van der Waals surface area contributed by atoms with Crippen molar-refractivity contribution in [2.45, 2.75) is 38.8 Å². The molecule has 0 saturated carbocycles. The number of hydrogen-bond donors (Lipinski definition) is 2. The molecule has 220 valence electrons. The highest BCUT2D eigenvalue weighted by Gasteiger charge is 2.26. The molecular weight excluding hydrogens is 552 g/mol. The van der Waals surface area contributed by atoms with Crippen LogP contribution in [0.2, 0.25) is 0 Å². The third-order valence-electron chi connectivity index (χ3n) is 7.58. The Balaban J connectivity index is 1.37. The van der Waals surface area contributed by atoms with Gasteiger partial charge in [0.25, 0.3) is 0 Å². The number of hydrogen-bond acceptors (Lipinski definition) is 10. The van der Waals surface area contributed by atoms with Crippen molar-refractivity contribution < 1.29 is 23.4 Å². The zero-order valence-corrected chi connectivity index (χ0v) is 24.1. The molecule has 0 spiro atoms. The van der Waals surface area contributed by atoms with Crippen molar-refractivity contribution in [3.8, 4) is 11.3 Å². The lowest BCUT2D eigenvalue weighted by Gasteiger charge is -2.35. The fourth-order valence-electron chi connectivity index (χ4n) is 5.27. The number of methoxy groups -OCH3 is 1. The summed E-state index contributed by atoms with van der Waals surface area (Å²) in [5.74, 6) is -1.52. The number of carboxylic acids is 1. The van der Waals surface area contributed by atoms with Gasteiger partial charge >= 0.3 is 5.97 Å². The van der Waals surface area contributed by atoms with Crippen molar-refractivity contribution in [3.63, 3.8) is 0 Å². The van der Waals surface area contributed by atoms with E-state index in [1.54, 1.807) is 7.11 Å². The van der Waals surface area contributed by atoms with Gasteiger partial charge < -0.3 is 20.1 Å². The quantitative estimate of drug-likeness (QED) is 0.342. The Morgan fingerprint density at radius 2 is 1.95 bits per heavy atom. The van der Waals surface area contributed by atoms with E-state index in [4.69, 9.17) is 14.8 Å². The van der Waals surface area contributed by atoms with Crippen molar-refractivity contribution in [2.24, 2.45) is 0 Å². The Bertz CT molecular complexity index is 1370. The largest absolute Gasteiger partial charge is 0.481 e. The number of thiazole rings is 1. The highest BCUT2D eigenvalue weighted by Crippen LogP contribution is 2.36. The van der Waals surface area contributed by atoms with Crippen LogP contribution in [0.4, 0.5) is 25.5 Å². The molecule has 5 rings (SSSR count). The molecule has 4 heterocycles. The number of aryl methyl sites for hydroxylation is 1. The summed E-state index contributed by atoms with van der Waals surface area (Å²) in [4.78, 5) is 31.1. The van der Waals surface area contributed by atoms with Crippen LogP contribution in [-0.2, 0) is 22.5 Å². The van der Waals surface area contributed by atoms with Gasteiger partial charge in [-0.25, -0.2) is 19.3 Å². The van der Waals surface area contributed by atoms with Crippen LogP contribution in [0.1, 0.15) is 30.2 Å². The Hall–Kier alpha value is -3.26. The molecule has 2 saturated heterocycles. The summed E-state index contributed by atoms with van der Waals surface area (Å²) in [6, 6.07) is 4.97. The minimum atomic E-state index is -0.832. The van der Waals surface area contributed by atoms with Crippen LogP contribution in [0.25, 0.3) is 11.3 Å². The lowest BCUT2D eigenvalue weighted by molar-refractivity contribution is -0.137. The monoisotopic (exact) mass is 587 g/mol. The van der Waals surface area contributed by atoms with E-state index in [1.165, 1.54) is 29.8 Å². The minimum Gasteiger partial charge on any atom is -0.481 e. The molecule has 0 radical (unpaired) electrons. The van der Waals surface area contributed by atoms with Crippen molar-refractivity contribution in [1.29, 1.82) is 0 Å². The van der Waals surface area contributed by atoms with E-state index in [2.05, 4.69) is 20.2 Å². The van der Waals surface area contributed by atoms with E-state index in [1.807, 2.05) is 22.8 Å². The van der Waals surface area contributed by atoms with Gasteiger partial charge in [-0.3, -0.25) is 14.6 Å². The molecule has 1 aromatic carbocycles. The SMILES string of the molecule is CCc1cc(F)cc(-c2nc(Nc3ncnc(N4CCN(CCC(=O)O)CC4)c3F)sc2CN2CC[C@H](OC)C2)c1. The number of carbonyl (C=O) groups is 1. The molecule has 0 unspecified atom stereocenters. The summed E-state index contributed by atoms with van der Waals surface area (Å²) >= 11 is 1.40. The zero-order chi connectivity index (χ0) is 28.9. The molecule has 10 nitrogen and oxygen atoms in total. The van der Waals surface area contributed by atoms with Gasteiger partial charge in [-0.15, -0.1) is 0 Å². The molecule has 2 aliphatic rings. The topological polar surface area (TPSA) is 107 Å². The standard InChI is InChI=1S/C28H35F2N7O3S/c1-3-18-12-19(14-20(29)13-18)25-22(16-36-6-4-21(15-36)40-2)41-28(33-25)34-26-24(30)27(32-17-31-26)37-10-8-35(9-11-37)7-5-23(38)39/h12-14,17,21H,3-11,15-16H2,1-2H3,(H,38,39)(H,31,32,33,34)/t21-/m0/s1. The summed E-state index contributed by atoms with van der Waals surface area (Å²) < 4.78 is 35.7. The smallest absolute Gasteiger partial charge is 0.304 e. The van der Waals surface area contributed by atoms with Gasteiger partial charge in [0.05, 0.1) is 18.2 Å². The molecule has 0 bridgehead atoms. The number of aromatic nitrogens is 3. The van der Waals surface area contributed by atoms with Gasteiger partial charge in [0.1, 0.15) is 12.1 Å². The summed E-state index contributed by atoms with van der Waals surface area (Å²) in [5, 5.41) is 12.4. The summed E-state index contributed by atoms with van der Waals surface area (Å²) in [6.45, 7) is 7.03. The van der Waals surface area contributed by atoms with Crippen LogP contribution in [0.3, 0.4) is 0 Å². The molecule has 13 heteroatoms. The van der Waals surface area contributed by atoms with Gasteiger partial charge in [-0.1, -0.05) is 18.3 Å². The van der Waals surface area contributed by atoms with Crippen LogP contribution < -0.4 is 10.2 Å². The van der Waals surface area contributed by atoms with Crippen LogP contribution in [0.15, 0.2) is 24.5 Å². The Kier molecular flexibility index (Phi) is 9.38. The normalized spacial score (nSPS) is 18.2. The molecule has 41 heavy (non-hydrogen) atoms. The number of carboxylic acid groups (broad SMARTS) is 1. The van der Waals surface area contributed by atoms with Crippen molar-refractivity contribution >= 4 is 34.1 Å². The second-order valence-electron chi connectivity index (χ2n) is 10.3. The average molecular weight is 588 g/mol. The lowest BCUT2D eigenvalue weighted by atomic mass is 10.1. The lowest BCUT2D eigenvalue weighted by Crippen LogP contribution is -2.47. The van der Waals surface area contributed by atoms with Crippen LogP contribution >= 0.6 is 11.3 Å². The molecule has 3 aromatic rings. The molecule has 2 aliphatic heterocycles. The van der Waals surface area contributed by atoms with E-state index in [0.717, 1.165) is 30.0 Å². The Morgan fingerprint density at radius 1 is 1.15 bits per heavy atom. The molecule has 2 N–H and O–H groups in total. The van der Waals surface area contributed by atoms with E-state index >= 15 is 4.39 Å². The maximum Gasteiger partial charge on any atom is 0.304 e. The first-order chi connectivity index (χ1) is 19.8. The number of benzene rings is 1. The number of rotatable bonds is 11. The third kappa shape index (κ3) is 7.15. The number of ether oxygens (including phenoxy) is 1. The predicted octanol–water partition coefficient (Wildman–Crippen LogP) is 4.00. The molecule has 2 aromatic heterocycles. The van der Waals surface area contributed by atoms with E-state index < -0.39 is 11.8 Å². The number of piperazine rings is 1. The number of nitrogens with one attached hydrogen (secondary N) is 1. The zero-order valence-electron chi connectivity index (χ0n) is 23.3. The average Bonchev–Trinajstić information content (AvgIpc) is 3.59. The first-order valence-electron chi connectivity index (χ1n) is 13.8. The van der Waals surface area contributed by atoms with E-state index in [-0.39, 0.29) is 30.0 Å². The Labute approximate surface area is 242 Å². The molecule has 0 aliphatic carbocycles. The maximum absolute atomic E-state index is 15.7. The summed E-state index contributed by atoms with van der Waals surface area (Å²) in [5.41, 5.74) is 2.23. The maximum atomic E-state index is 15.7. The van der Waals surface area contributed by atoms with Crippen molar-refractivity contribution in [3.05, 3.63) is 46.6 Å². The molecular formula is C28H35F2N7O3S. The summed E-state index contributed by atoms with van der Waals surface area (Å²) in [6.07, 6.45) is 3.21. The molecule has 2 fully saturated rings. The van der Waals surface area contributed by atoms with Crippen molar-refractivity contribution in [1.82, 2.24) is 24.8 Å². The second kappa shape index (κ2) is 13.1. The third-order valence-corrected chi connectivity index (χ3v) is 8.53. The number of likely N-dealkylation sites (tertiary alicyclic amines) is 1. The number of halogens is 2. The van der Waals surface area contributed by atoms with E-state index in [9.17, 15) is 9.18 Å². The number of aliphatic carboxylic acids is 1. The van der Waals surface area contributed by atoms with Gasteiger partial charge in [0.2, 0.25) is 5.82 Å². The van der Waals surface area contributed by atoms with Gasteiger partial charge in [0, 0.05) is 69.9 Å². The minimum absolute atomic E-state index is 0.0178. The fraction of sp³-hybridized carbons (Fsp3) is 0.500. The van der Waals surface area contributed by atoms with Gasteiger partial charge in [-0.05, 0) is 36.6 Å². The van der Waals surface area contributed by atoms with Crippen LogP contribution in [-0.4, -0.2) is 94.9 Å². The fourth-order valence-corrected chi connectivity index (χ4v) is 6.30. The number of nitrogens with zero attached hydrogens (tertiary/aromatic N) is 6. The van der Waals surface area contributed by atoms with Crippen LogP contribution in [0.5, 0.6) is 0 Å². The second-order valence-corrected chi connectivity index (χ2v) is 11.4. The number of anilines is 3. The van der Waals surface area contributed by atoms with Gasteiger partial charge in [0.15, 0.2) is 16.8 Å². The Morgan fingerprint density at radius 3 is 2.66 bits per heavy atom. The first-order valence-corrected chi connectivity index (χ1v) is 14.7. The molecule has 1 atom stereocenters. The highest BCUT2D eigenvalue weighted by molar-refractivity contribution is 7.16. The van der Waals surface area contributed by atoms with Gasteiger partial charge in [-0.2, -0.15) is 4.39 Å². The highest BCUT2D eigenvalue weighted by atomic mass is 32.1.